The van der Waals surface area contributed by atoms with Crippen molar-refractivity contribution in [2.45, 2.75) is 37.1 Å². The summed E-state index contributed by atoms with van der Waals surface area (Å²) in [5.74, 6) is 1.84. The standard InChI is InChI=1S/C15H23NOS/c1-12(2)16(8-5-9-17)10-13-11-18-15-7-4-3-6-14(13)15/h3-4,6-7,12-13,17H,5,8-11H2,1-2H3. The molecule has 3 heteroatoms. The van der Waals surface area contributed by atoms with E-state index in [1.54, 1.807) is 0 Å². The van der Waals surface area contributed by atoms with Crippen LogP contribution in [0.5, 0.6) is 0 Å². The molecule has 0 saturated heterocycles. The molecular formula is C15H23NOS. The van der Waals surface area contributed by atoms with Gasteiger partial charge in [-0.2, -0.15) is 0 Å². The molecule has 1 aromatic carbocycles. The Morgan fingerprint density at radius 3 is 2.89 bits per heavy atom. The first kappa shape index (κ1) is 13.9. The van der Waals surface area contributed by atoms with Crippen LogP contribution in [-0.2, 0) is 0 Å². The lowest BCUT2D eigenvalue weighted by atomic mass is 10.00. The normalized spacial score (nSPS) is 18.6. The summed E-state index contributed by atoms with van der Waals surface area (Å²) >= 11 is 1.98. The molecule has 0 amide bonds. The number of aliphatic hydroxyl groups is 1. The molecule has 0 fully saturated rings. The highest BCUT2D eigenvalue weighted by molar-refractivity contribution is 7.99. The van der Waals surface area contributed by atoms with Crippen molar-refractivity contribution in [1.82, 2.24) is 4.90 Å². The first-order valence-electron chi connectivity index (χ1n) is 6.79. The molecule has 100 valence electrons. The van der Waals surface area contributed by atoms with Gasteiger partial charge in [-0.25, -0.2) is 0 Å². The molecule has 18 heavy (non-hydrogen) atoms. The lowest BCUT2D eigenvalue weighted by Crippen LogP contribution is -2.36. The van der Waals surface area contributed by atoms with E-state index in [0.717, 1.165) is 19.5 Å². The molecule has 2 nitrogen and oxygen atoms in total. The predicted molar refractivity (Wildman–Crippen MR) is 78.3 cm³/mol. The Hall–Kier alpha value is -0.510. The van der Waals surface area contributed by atoms with Gasteiger partial charge in [-0.3, -0.25) is 0 Å². The second kappa shape index (κ2) is 6.60. The van der Waals surface area contributed by atoms with E-state index in [9.17, 15) is 0 Å². The average molecular weight is 265 g/mol. The Kier molecular flexibility index (Phi) is 5.10. The lowest BCUT2D eigenvalue weighted by molar-refractivity contribution is 0.185. The van der Waals surface area contributed by atoms with Crippen LogP contribution in [0.15, 0.2) is 29.2 Å². The van der Waals surface area contributed by atoms with E-state index in [1.165, 1.54) is 16.2 Å². The second-order valence-electron chi connectivity index (χ2n) is 5.21. The fourth-order valence-corrected chi connectivity index (χ4v) is 3.74. The highest BCUT2D eigenvalue weighted by Gasteiger charge is 2.25. The van der Waals surface area contributed by atoms with Gasteiger partial charge < -0.3 is 10.0 Å². The predicted octanol–water partition coefficient (Wildman–Crippen LogP) is 2.97. The zero-order valence-electron chi connectivity index (χ0n) is 11.3. The number of thioether (sulfide) groups is 1. The van der Waals surface area contributed by atoms with Crippen molar-refractivity contribution in [3.05, 3.63) is 29.8 Å². The molecular weight excluding hydrogens is 242 g/mol. The summed E-state index contributed by atoms with van der Waals surface area (Å²) in [5.41, 5.74) is 1.51. The van der Waals surface area contributed by atoms with Crippen molar-refractivity contribution in [3.63, 3.8) is 0 Å². The quantitative estimate of drug-likeness (QED) is 0.855. The lowest BCUT2D eigenvalue weighted by Gasteiger charge is -2.29. The smallest absolute Gasteiger partial charge is 0.0443 e. The largest absolute Gasteiger partial charge is 0.396 e. The highest BCUT2D eigenvalue weighted by Crippen LogP contribution is 2.39. The Morgan fingerprint density at radius 2 is 2.17 bits per heavy atom. The molecule has 0 bridgehead atoms. The summed E-state index contributed by atoms with van der Waals surface area (Å²) in [6, 6.07) is 9.32. The molecule has 1 heterocycles. The maximum Gasteiger partial charge on any atom is 0.0443 e. The van der Waals surface area contributed by atoms with Crippen LogP contribution < -0.4 is 0 Å². The van der Waals surface area contributed by atoms with E-state index < -0.39 is 0 Å². The summed E-state index contributed by atoms with van der Waals surface area (Å²) in [4.78, 5) is 3.94. The zero-order valence-corrected chi connectivity index (χ0v) is 12.1. The molecule has 1 N–H and O–H groups in total. The zero-order chi connectivity index (χ0) is 13.0. The van der Waals surface area contributed by atoms with Crippen LogP contribution in [-0.4, -0.2) is 41.5 Å². The van der Waals surface area contributed by atoms with Gasteiger partial charge in [0.15, 0.2) is 0 Å². The second-order valence-corrected chi connectivity index (χ2v) is 6.27. The van der Waals surface area contributed by atoms with E-state index >= 15 is 0 Å². The number of rotatable bonds is 6. The number of fused-ring (bicyclic) bond motifs is 1. The van der Waals surface area contributed by atoms with Gasteiger partial charge in [-0.1, -0.05) is 18.2 Å². The molecule has 0 saturated carbocycles. The number of hydrogen-bond acceptors (Lipinski definition) is 3. The summed E-state index contributed by atoms with van der Waals surface area (Å²) in [7, 11) is 0. The number of benzene rings is 1. The molecule has 1 unspecified atom stereocenters. The van der Waals surface area contributed by atoms with Gasteiger partial charge >= 0.3 is 0 Å². The number of nitrogens with zero attached hydrogens (tertiary/aromatic N) is 1. The summed E-state index contributed by atoms with van der Waals surface area (Å²) in [6.07, 6.45) is 0.875. The Labute approximate surface area is 114 Å². The van der Waals surface area contributed by atoms with E-state index in [1.807, 2.05) is 11.8 Å². The van der Waals surface area contributed by atoms with E-state index in [4.69, 9.17) is 5.11 Å². The summed E-state index contributed by atoms with van der Waals surface area (Å²) in [5, 5.41) is 8.98. The SMILES string of the molecule is CC(C)N(CCCO)CC1CSc2ccccc21. The van der Waals surface area contributed by atoms with Crippen molar-refractivity contribution < 1.29 is 5.11 Å². The third kappa shape index (κ3) is 3.28. The monoisotopic (exact) mass is 265 g/mol. The third-order valence-corrected chi connectivity index (χ3v) is 4.84. The molecule has 1 aliphatic heterocycles. The molecule has 0 aromatic heterocycles. The first-order chi connectivity index (χ1) is 8.72. The Balaban J connectivity index is 2.00. The Bertz CT molecular complexity index is 381. The van der Waals surface area contributed by atoms with Crippen molar-refractivity contribution in [2.24, 2.45) is 0 Å². The maximum absolute atomic E-state index is 8.98. The van der Waals surface area contributed by atoms with Gasteiger partial charge in [0.1, 0.15) is 0 Å². The fraction of sp³-hybridized carbons (Fsp3) is 0.600. The third-order valence-electron chi connectivity index (χ3n) is 3.59. The number of aliphatic hydroxyl groups excluding tert-OH is 1. The molecule has 0 aliphatic carbocycles. The minimum Gasteiger partial charge on any atom is -0.396 e. The van der Waals surface area contributed by atoms with E-state index in [0.29, 0.717) is 18.6 Å². The van der Waals surface area contributed by atoms with Gasteiger partial charge in [0, 0.05) is 42.3 Å². The summed E-state index contributed by atoms with van der Waals surface area (Å²) < 4.78 is 0. The van der Waals surface area contributed by atoms with Gasteiger partial charge in [0.2, 0.25) is 0 Å². The van der Waals surface area contributed by atoms with Crippen LogP contribution in [0.4, 0.5) is 0 Å². The van der Waals surface area contributed by atoms with Gasteiger partial charge in [0.05, 0.1) is 0 Å². The minimum atomic E-state index is 0.291. The molecule has 1 aliphatic rings. The average Bonchev–Trinajstić information content (AvgIpc) is 2.77. The van der Waals surface area contributed by atoms with Crippen LogP contribution in [0.3, 0.4) is 0 Å². The van der Waals surface area contributed by atoms with Gasteiger partial charge in [0.25, 0.3) is 0 Å². The molecule has 0 spiro atoms. The molecule has 2 rings (SSSR count). The molecule has 1 atom stereocenters. The van der Waals surface area contributed by atoms with Crippen LogP contribution in [0, 0.1) is 0 Å². The minimum absolute atomic E-state index is 0.291. The number of hydrogen-bond donors (Lipinski definition) is 1. The van der Waals surface area contributed by atoms with Crippen LogP contribution >= 0.6 is 11.8 Å². The van der Waals surface area contributed by atoms with Crippen molar-refractivity contribution in [3.8, 4) is 0 Å². The van der Waals surface area contributed by atoms with E-state index in [2.05, 4.69) is 43.0 Å². The van der Waals surface area contributed by atoms with Crippen molar-refractivity contribution in [2.75, 3.05) is 25.4 Å². The molecule has 0 radical (unpaired) electrons. The van der Waals surface area contributed by atoms with E-state index in [-0.39, 0.29) is 0 Å². The van der Waals surface area contributed by atoms with Crippen LogP contribution in [0.2, 0.25) is 0 Å². The summed E-state index contributed by atoms with van der Waals surface area (Å²) in [6.45, 7) is 6.88. The maximum atomic E-state index is 8.98. The van der Waals surface area contributed by atoms with Crippen LogP contribution in [0.1, 0.15) is 31.7 Å². The fourth-order valence-electron chi connectivity index (χ4n) is 2.50. The van der Waals surface area contributed by atoms with Crippen molar-refractivity contribution >= 4 is 11.8 Å². The molecule has 1 aromatic rings. The first-order valence-corrected chi connectivity index (χ1v) is 7.77. The van der Waals surface area contributed by atoms with Crippen molar-refractivity contribution in [1.29, 1.82) is 0 Å². The van der Waals surface area contributed by atoms with Gasteiger partial charge in [-0.15, -0.1) is 11.8 Å². The Morgan fingerprint density at radius 1 is 1.39 bits per heavy atom. The van der Waals surface area contributed by atoms with Gasteiger partial charge in [-0.05, 0) is 31.9 Å². The topological polar surface area (TPSA) is 23.5 Å². The van der Waals surface area contributed by atoms with Crippen LogP contribution in [0.25, 0.3) is 0 Å². The highest BCUT2D eigenvalue weighted by atomic mass is 32.2.